The highest BCUT2D eigenvalue weighted by Crippen LogP contribution is 2.43. The van der Waals surface area contributed by atoms with Gasteiger partial charge in [0.2, 0.25) is 0 Å². The zero-order valence-electron chi connectivity index (χ0n) is 15.8. The summed E-state index contributed by atoms with van der Waals surface area (Å²) in [6, 6.07) is 13.7. The minimum Gasteiger partial charge on any atom is -0.497 e. The summed E-state index contributed by atoms with van der Waals surface area (Å²) in [5.41, 5.74) is 2.98. The Hall–Kier alpha value is -2.62. The molecule has 1 atom stereocenters. The van der Waals surface area contributed by atoms with Crippen molar-refractivity contribution in [2.45, 2.75) is 50.5 Å². The Balaban J connectivity index is 1.66. The van der Waals surface area contributed by atoms with Gasteiger partial charge in [-0.15, -0.1) is 0 Å². The number of hydrogen-bond donors (Lipinski definition) is 0. The molecule has 4 heteroatoms. The van der Waals surface area contributed by atoms with Crippen LogP contribution in [0.3, 0.4) is 0 Å². The lowest BCUT2D eigenvalue weighted by Crippen LogP contribution is -2.39. The first-order valence-electron chi connectivity index (χ1n) is 9.56. The lowest BCUT2D eigenvalue weighted by molar-refractivity contribution is -0.154. The molecule has 2 aromatic carbocycles. The van der Waals surface area contributed by atoms with Crippen LogP contribution in [0, 0.1) is 6.92 Å². The number of rotatable bonds is 3. The van der Waals surface area contributed by atoms with Crippen molar-refractivity contribution in [1.82, 2.24) is 0 Å². The van der Waals surface area contributed by atoms with Crippen LogP contribution in [-0.4, -0.2) is 24.5 Å². The van der Waals surface area contributed by atoms with Crippen molar-refractivity contribution in [3.05, 3.63) is 53.6 Å². The molecule has 1 spiro atoms. The molecule has 2 fully saturated rings. The maximum absolute atomic E-state index is 13.1. The monoisotopic (exact) mass is 364 g/mol. The second-order valence-corrected chi connectivity index (χ2v) is 7.58. The fourth-order valence-electron chi connectivity index (χ4n) is 4.41. The van der Waals surface area contributed by atoms with Crippen LogP contribution < -0.4 is 4.74 Å². The SMILES string of the molecule is COc1cccc(-c2ccc(C3C(=O)OC4(CCCCC4)C3=O)cc2C)c1. The average Bonchev–Trinajstić information content (AvgIpc) is 2.91. The lowest BCUT2D eigenvalue weighted by atomic mass is 9.78. The number of carbonyl (C=O) groups is 2. The van der Waals surface area contributed by atoms with E-state index < -0.39 is 17.5 Å². The number of esters is 1. The lowest BCUT2D eigenvalue weighted by Gasteiger charge is -2.29. The molecule has 1 aliphatic carbocycles. The number of ketones is 1. The quantitative estimate of drug-likeness (QED) is 0.591. The molecule has 0 radical (unpaired) electrons. The van der Waals surface area contributed by atoms with Crippen LogP contribution in [0.4, 0.5) is 0 Å². The Morgan fingerprint density at radius 1 is 1.04 bits per heavy atom. The van der Waals surface area contributed by atoms with Crippen molar-refractivity contribution in [2.24, 2.45) is 0 Å². The Kier molecular flexibility index (Phi) is 4.50. The van der Waals surface area contributed by atoms with Gasteiger partial charge in [-0.3, -0.25) is 9.59 Å². The van der Waals surface area contributed by atoms with Crippen LogP contribution >= 0.6 is 0 Å². The molecular formula is C23H24O4. The topological polar surface area (TPSA) is 52.6 Å². The summed E-state index contributed by atoms with van der Waals surface area (Å²) < 4.78 is 11.0. The number of Topliss-reactive ketones (excluding diaryl/α,β-unsaturated/α-hetero) is 1. The van der Waals surface area contributed by atoms with Crippen LogP contribution in [0.5, 0.6) is 5.75 Å². The van der Waals surface area contributed by atoms with E-state index in [0.717, 1.165) is 47.3 Å². The van der Waals surface area contributed by atoms with Gasteiger partial charge < -0.3 is 9.47 Å². The van der Waals surface area contributed by atoms with E-state index in [1.165, 1.54) is 0 Å². The zero-order valence-corrected chi connectivity index (χ0v) is 15.8. The van der Waals surface area contributed by atoms with Gasteiger partial charge in [0.25, 0.3) is 0 Å². The van der Waals surface area contributed by atoms with E-state index in [1.54, 1.807) is 7.11 Å². The first-order chi connectivity index (χ1) is 13.0. The number of hydrogen-bond acceptors (Lipinski definition) is 4. The fourth-order valence-corrected chi connectivity index (χ4v) is 4.41. The number of aryl methyl sites for hydroxylation is 1. The number of carbonyl (C=O) groups excluding carboxylic acids is 2. The maximum atomic E-state index is 13.1. The van der Waals surface area contributed by atoms with Crippen LogP contribution in [0.2, 0.25) is 0 Å². The molecule has 0 bridgehead atoms. The van der Waals surface area contributed by atoms with Gasteiger partial charge in [-0.05, 0) is 67.0 Å². The number of methoxy groups -OCH3 is 1. The highest BCUT2D eigenvalue weighted by molar-refractivity contribution is 6.13. The second-order valence-electron chi connectivity index (χ2n) is 7.58. The van der Waals surface area contributed by atoms with Gasteiger partial charge in [-0.2, -0.15) is 0 Å². The van der Waals surface area contributed by atoms with Crippen molar-refractivity contribution >= 4 is 11.8 Å². The molecule has 4 rings (SSSR count). The van der Waals surface area contributed by atoms with E-state index in [1.807, 2.05) is 49.4 Å². The molecule has 1 heterocycles. The maximum Gasteiger partial charge on any atom is 0.322 e. The molecule has 0 amide bonds. The normalized spacial score (nSPS) is 21.3. The Labute approximate surface area is 159 Å². The molecule has 27 heavy (non-hydrogen) atoms. The highest BCUT2D eigenvalue weighted by Gasteiger charge is 2.55. The number of benzene rings is 2. The standard InChI is InChI=1S/C23H24O4/c1-15-13-17(9-10-19(15)16-7-6-8-18(14-16)26-2)20-21(24)23(27-22(20)25)11-4-3-5-12-23/h6-10,13-14,20H,3-5,11-12H2,1-2H3. The number of ether oxygens (including phenoxy) is 2. The Bertz CT molecular complexity index is 893. The molecule has 1 saturated heterocycles. The van der Waals surface area contributed by atoms with E-state index in [0.29, 0.717) is 12.8 Å². The molecule has 140 valence electrons. The average molecular weight is 364 g/mol. The van der Waals surface area contributed by atoms with Gasteiger partial charge in [0.15, 0.2) is 11.4 Å². The summed E-state index contributed by atoms with van der Waals surface area (Å²) in [7, 11) is 1.65. The van der Waals surface area contributed by atoms with Gasteiger partial charge in [-0.1, -0.05) is 36.8 Å². The van der Waals surface area contributed by atoms with Crippen LogP contribution in [-0.2, 0) is 14.3 Å². The molecular weight excluding hydrogens is 340 g/mol. The molecule has 2 aromatic rings. The van der Waals surface area contributed by atoms with E-state index in [4.69, 9.17) is 9.47 Å². The first kappa shape index (κ1) is 17.8. The van der Waals surface area contributed by atoms with E-state index >= 15 is 0 Å². The summed E-state index contributed by atoms with van der Waals surface area (Å²) in [5.74, 6) is -0.443. The smallest absolute Gasteiger partial charge is 0.322 e. The summed E-state index contributed by atoms with van der Waals surface area (Å²) in [6.45, 7) is 2.00. The predicted octanol–water partition coefficient (Wildman–Crippen LogP) is 4.58. The molecule has 1 saturated carbocycles. The molecule has 4 nitrogen and oxygen atoms in total. The Morgan fingerprint density at radius 2 is 1.81 bits per heavy atom. The molecule has 0 N–H and O–H groups in total. The van der Waals surface area contributed by atoms with Crippen LogP contribution in [0.1, 0.15) is 49.1 Å². The van der Waals surface area contributed by atoms with Crippen molar-refractivity contribution < 1.29 is 19.1 Å². The third-order valence-electron chi connectivity index (χ3n) is 5.87. The molecule has 1 aliphatic heterocycles. The van der Waals surface area contributed by atoms with Crippen molar-refractivity contribution in [1.29, 1.82) is 0 Å². The highest BCUT2D eigenvalue weighted by atomic mass is 16.6. The van der Waals surface area contributed by atoms with Crippen molar-refractivity contribution in [2.75, 3.05) is 7.11 Å². The second kappa shape index (κ2) is 6.84. The minimum atomic E-state index is -0.876. The summed E-state index contributed by atoms with van der Waals surface area (Å²) in [5, 5.41) is 0. The van der Waals surface area contributed by atoms with Crippen LogP contribution in [0.15, 0.2) is 42.5 Å². The van der Waals surface area contributed by atoms with Gasteiger partial charge >= 0.3 is 5.97 Å². The fraction of sp³-hybridized carbons (Fsp3) is 0.391. The predicted molar refractivity (Wildman–Crippen MR) is 103 cm³/mol. The molecule has 1 unspecified atom stereocenters. The van der Waals surface area contributed by atoms with Gasteiger partial charge in [0.05, 0.1) is 7.11 Å². The van der Waals surface area contributed by atoms with Gasteiger partial charge in [0.1, 0.15) is 11.7 Å². The third kappa shape index (κ3) is 3.03. The van der Waals surface area contributed by atoms with Crippen LogP contribution in [0.25, 0.3) is 11.1 Å². The van der Waals surface area contributed by atoms with E-state index in [-0.39, 0.29) is 5.78 Å². The van der Waals surface area contributed by atoms with Gasteiger partial charge in [-0.25, -0.2) is 0 Å². The van der Waals surface area contributed by atoms with Crippen molar-refractivity contribution in [3.63, 3.8) is 0 Å². The third-order valence-corrected chi connectivity index (χ3v) is 5.87. The summed E-state index contributed by atoms with van der Waals surface area (Å²) in [4.78, 5) is 25.6. The zero-order chi connectivity index (χ0) is 19.0. The summed E-state index contributed by atoms with van der Waals surface area (Å²) in [6.07, 6.45) is 4.31. The largest absolute Gasteiger partial charge is 0.497 e. The van der Waals surface area contributed by atoms with Crippen molar-refractivity contribution in [3.8, 4) is 16.9 Å². The molecule has 0 aromatic heterocycles. The van der Waals surface area contributed by atoms with Gasteiger partial charge in [0, 0.05) is 0 Å². The summed E-state index contributed by atoms with van der Waals surface area (Å²) >= 11 is 0. The minimum absolute atomic E-state index is 0.0549. The molecule has 2 aliphatic rings. The van der Waals surface area contributed by atoms with E-state index in [2.05, 4.69) is 0 Å². The first-order valence-corrected chi connectivity index (χ1v) is 9.56. The van der Waals surface area contributed by atoms with E-state index in [9.17, 15) is 9.59 Å². The Morgan fingerprint density at radius 3 is 2.52 bits per heavy atom.